The number of nitrogens with one attached hydrogen (secondary N) is 1. The number of hydrogen-bond acceptors (Lipinski definition) is 3. The van der Waals surface area contributed by atoms with Crippen LogP contribution in [0.5, 0.6) is 17.2 Å². The van der Waals surface area contributed by atoms with Gasteiger partial charge in [-0.3, -0.25) is 0 Å². The monoisotopic (exact) mass is 309 g/mol. The number of phenols is 1. The van der Waals surface area contributed by atoms with Crippen molar-refractivity contribution in [1.82, 2.24) is 0 Å². The fourth-order valence-corrected chi connectivity index (χ4v) is 2.20. The van der Waals surface area contributed by atoms with Gasteiger partial charge in [0.05, 0.1) is 5.69 Å². The van der Waals surface area contributed by atoms with Crippen molar-refractivity contribution < 1.29 is 14.2 Å². The lowest BCUT2D eigenvalue weighted by Gasteiger charge is -2.10. The lowest BCUT2D eigenvalue weighted by atomic mass is 10.2. The van der Waals surface area contributed by atoms with E-state index in [1.165, 1.54) is 6.07 Å². The first-order valence-electron chi connectivity index (χ1n) is 7.25. The zero-order valence-electron chi connectivity index (χ0n) is 12.4. The molecule has 0 radical (unpaired) electrons. The molecule has 3 aromatic rings. The molecule has 3 aromatic carbocycles. The summed E-state index contributed by atoms with van der Waals surface area (Å²) in [6, 6.07) is 21.5. The normalized spacial score (nSPS) is 10.3. The molecule has 0 saturated heterocycles. The minimum absolute atomic E-state index is 0.361. The molecule has 3 nitrogen and oxygen atoms in total. The summed E-state index contributed by atoms with van der Waals surface area (Å²) in [7, 11) is 0. The van der Waals surface area contributed by atoms with Crippen molar-refractivity contribution in [2.75, 3.05) is 5.32 Å². The second-order valence-corrected chi connectivity index (χ2v) is 5.05. The van der Waals surface area contributed by atoms with Gasteiger partial charge in [0.15, 0.2) is 11.6 Å². The van der Waals surface area contributed by atoms with E-state index in [0.29, 0.717) is 12.2 Å². The standard InChI is InChI=1S/C19H16FNO2/c20-17-10-5-11-18(19(17)22)21-13-14-6-4-9-16(12-14)23-15-7-2-1-3-8-15/h1-12,21-22H,13H2. The van der Waals surface area contributed by atoms with Crippen molar-refractivity contribution in [3.63, 3.8) is 0 Å². The summed E-state index contributed by atoms with van der Waals surface area (Å²) < 4.78 is 19.1. The van der Waals surface area contributed by atoms with E-state index in [9.17, 15) is 9.50 Å². The van der Waals surface area contributed by atoms with Gasteiger partial charge in [-0.15, -0.1) is 0 Å². The van der Waals surface area contributed by atoms with E-state index in [4.69, 9.17) is 4.74 Å². The van der Waals surface area contributed by atoms with Crippen LogP contribution in [0, 0.1) is 5.82 Å². The molecule has 0 aromatic heterocycles. The van der Waals surface area contributed by atoms with Gasteiger partial charge in [-0.25, -0.2) is 4.39 Å². The Morgan fingerprint density at radius 2 is 1.61 bits per heavy atom. The molecule has 0 fully saturated rings. The molecule has 0 heterocycles. The molecule has 0 aliphatic carbocycles. The summed E-state index contributed by atoms with van der Waals surface area (Å²) in [5.41, 5.74) is 1.32. The Morgan fingerprint density at radius 1 is 0.870 bits per heavy atom. The van der Waals surface area contributed by atoms with Crippen LogP contribution >= 0.6 is 0 Å². The quantitative estimate of drug-likeness (QED) is 0.656. The van der Waals surface area contributed by atoms with Crippen LogP contribution in [-0.2, 0) is 6.54 Å². The van der Waals surface area contributed by atoms with Crippen LogP contribution in [0.3, 0.4) is 0 Å². The van der Waals surface area contributed by atoms with E-state index in [1.54, 1.807) is 12.1 Å². The Kier molecular flexibility index (Phi) is 4.43. The number of hydrogen-bond donors (Lipinski definition) is 2. The number of phenolic OH excluding ortho intramolecular Hbond substituents is 1. The van der Waals surface area contributed by atoms with Crippen molar-refractivity contribution in [1.29, 1.82) is 0 Å². The molecule has 116 valence electrons. The molecule has 0 unspecified atom stereocenters. The zero-order chi connectivity index (χ0) is 16.1. The molecule has 3 rings (SSSR count). The van der Waals surface area contributed by atoms with Crippen molar-refractivity contribution in [2.45, 2.75) is 6.54 Å². The largest absolute Gasteiger partial charge is 0.503 e. The smallest absolute Gasteiger partial charge is 0.174 e. The first-order valence-corrected chi connectivity index (χ1v) is 7.25. The maximum Gasteiger partial charge on any atom is 0.174 e. The number of ether oxygens (including phenoxy) is 1. The number of anilines is 1. The lowest BCUT2D eigenvalue weighted by molar-refractivity contribution is 0.434. The predicted octanol–water partition coefficient (Wildman–Crippen LogP) is 4.94. The number of benzene rings is 3. The topological polar surface area (TPSA) is 41.5 Å². The molecular weight excluding hydrogens is 293 g/mol. The average molecular weight is 309 g/mol. The van der Waals surface area contributed by atoms with E-state index >= 15 is 0 Å². The third-order valence-corrected chi connectivity index (χ3v) is 3.35. The molecule has 0 spiro atoms. The van der Waals surface area contributed by atoms with Crippen LogP contribution in [0.25, 0.3) is 0 Å². The van der Waals surface area contributed by atoms with Crippen molar-refractivity contribution in [3.8, 4) is 17.2 Å². The van der Waals surface area contributed by atoms with Crippen LogP contribution in [-0.4, -0.2) is 5.11 Å². The van der Waals surface area contributed by atoms with Crippen LogP contribution in [0.15, 0.2) is 72.8 Å². The Hall–Kier alpha value is -3.01. The Bertz CT molecular complexity index is 790. The summed E-state index contributed by atoms with van der Waals surface area (Å²) in [5.74, 6) is 0.472. The average Bonchev–Trinajstić information content (AvgIpc) is 2.57. The van der Waals surface area contributed by atoms with Crippen molar-refractivity contribution >= 4 is 5.69 Å². The number of rotatable bonds is 5. The second kappa shape index (κ2) is 6.83. The van der Waals surface area contributed by atoms with E-state index in [-0.39, 0.29) is 5.75 Å². The van der Waals surface area contributed by atoms with E-state index in [1.807, 2.05) is 54.6 Å². The molecule has 4 heteroatoms. The van der Waals surface area contributed by atoms with E-state index < -0.39 is 5.82 Å². The molecule has 0 bridgehead atoms. The second-order valence-electron chi connectivity index (χ2n) is 5.05. The molecule has 2 N–H and O–H groups in total. The van der Waals surface area contributed by atoms with Gasteiger partial charge in [0, 0.05) is 6.54 Å². The van der Waals surface area contributed by atoms with E-state index in [2.05, 4.69) is 5.32 Å². The fourth-order valence-electron chi connectivity index (χ4n) is 2.20. The third-order valence-electron chi connectivity index (χ3n) is 3.35. The molecular formula is C19H16FNO2. The molecule has 0 atom stereocenters. The van der Waals surface area contributed by atoms with Crippen LogP contribution < -0.4 is 10.1 Å². The molecule has 0 saturated carbocycles. The van der Waals surface area contributed by atoms with Crippen LogP contribution in [0.4, 0.5) is 10.1 Å². The van der Waals surface area contributed by atoms with Crippen molar-refractivity contribution in [3.05, 3.63) is 84.2 Å². The molecule has 23 heavy (non-hydrogen) atoms. The van der Waals surface area contributed by atoms with Crippen molar-refractivity contribution in [2.24, 2.45) is 0 Å². The first kappa shape index (κ1) is 14.9. The van der Waals surface area contributed by atoms with Gasteiger partial charge < -0.3 is 15.2 Å². The van der Waals surface area contributed by atoms with Gasteiger partial charge in [0.2, 0.25) is 0 Å². The Morgan fingerprint density at radius 3 is 2.43 bits per heavy atom. The molecule has 0 aliphatic rings. The molecule has 0 amide bonds. The van der Waals surface area contributed by atoms with Gasteiger partial charge in [-0.05, 0) is 42.0 Å². The number of halogens is 1. The Balaban J connectivity index is 1.69. The minimum Gasteiger partial charge on any atom is -0.503 e. The first-order chi connectivity index (χ1) is 11.2. The minimum atomic E-state index is -0.642. The van der Waals surface area contributed by atoms with Gasteiger partial charge >= 0.3 is 0 Å². The highest BCUT2D eigenvalue weighted by Gasteiger charge is 2.06. The van der Waals surface area contributed by atoms with Gasteiger partial charge in [0.25, 0.3) is 0 Å². The maximum absolute atomic E-state index is 13.3. The summed E-state index contributed by atoms with van der Waals surface area (Å²) in [6.07, 6.45) is 0. The van der Waals surface area contributed by atoms with Crippen LogP contribution in [0.1, 0.15) is 5.56 Å². The fraction of sp³-hybridized carbons (Fsp3) is 0.0526. The zero-order valence-corrected chi connectivity index (χ0v) is 12.4. The highest BCUT2D eigenvalue weighted by atomic mass is 19.1. The number of para-hydroxylation sites is 2. The number of aromatic hydroxyl groups is 1. The van der Waals surface area contributed by atoms with Crippen LogP contribution in [0.2, 0.25) is 0 Å². The Labute approximate surface area is 134 Å². The summed E-state index contributed by atoms with van der Waals surface area (Å²) in [5, 5.41) is 12.7. The highest BCUT2D eigenvalue weighted by molar-refractivity contribution is 5.56. The van der Waals surface area contributed by atoms with Gasteiger partial charge in [-0.1, -0.05) is 36.4 Å². The SMILES string of the molecule is Oc1c(F)cccc1NCc1cccc(Oc2ccccc2)c1. The summed E-state index contributed by atoms with van der Waals surface area (Å²) in [6.45, 7) is 0.447. The highest BCUT2D eigenvalue weighted by Crippen LogP contribution is 2.27. The molecule has 0 aliphatic heterocycles. The predicted molar refractivity (Wildman–Crippen MR) is 88.3 cm³/mol. The van der Waals surface area contributed by atoms with Gasteiger partial charge in [-0.2, -0.15) is 0 Å². The van der Waals surface area contributed by atoms with E-state index in [0.717, 1.165) is 17.1 Å². The summed E-state index contributed by atoms with van der Waals surface area (Å²) in [4.78, 5) is 0. The van der Waals surface area contributed by atoms with Gasteiger partial charge in [0.1, 0.15) is 11.5 Å². The maximum atomic E-state index is 13.3. The third kappa shape index (κ3) is 3.80. The summed E-state index contributed by atoms with van der Waals surface area (Å²) >= 11 is 0. The lowest BCUT2D eigenvalue weighted by Crippen LogP contribution is -2.00.